The van der Waals surface area contributed by atoms with Crippen molar-refractivity contribution in [3.05, 3.63) is 113 Å². The largest absolute Gasteiger partial charge is 0.489 e. The number of hydrogen-bond acceptors (Lipinski definition) is 3. The minimum Gasteiger partial charge on any atom is -0.489 e. The third-order valence-corrected chi connectivity index (χ3v) is 6.92. The predicted molar refractivity (Wildman–Crippen MR) is 136 cm³/mol. The summed E-state index contributed by atoms with van der Waals surface area (Å²) in [5, 5.41) is 15.8. The van der Waals surface area contributed by atoms with Gasteiger partial charge in [0.05, 0.1) is 5.56 Å². The standard InChI is InChI=1S/C30H29NO3/c1-19-14-15-22(16-27(19)30(32)33)28-17-23(34-29-13-6-5-11-26(28)29)18-31-20(2)24-12-7-9-21-8-3-4-10-25(21)24/h3-16,20,23,28,31H,17-18H2,1-2H3,(H,32,33)/t20?,23-,28+/m1/s1. The molecular weight excluding hydrogens is 422 g/mol. The molecule has 1 aliphatic heterocycles. The van der Waals surface area contributed by atoms with Crippen LogP contribution in [-0.4, -0.2) is 23.7 Å². The minimum absolute atomic E-state index is 0.0214. The van der Waals surface area contributed by atoms with E-state index in [9.17, 15) is 9.90 Å². The first-order chi connectivity index (χ1) is 16.5. The molecule has 0 radical (unpaired) electrons. The van der Waals surface area contributed by atoms with Gasteiger partial charge in [0.25, 0.3) is 0 Å². The molecule has 3 atom stereocenters. The second-order valence-electron chi connectivity index (χ2n) is 9.14. The lowest BCUT2D eigenvalue weighted by molar-refractivity contribution is 0.0696. The van der Waals surface area contributed by atoms with Gasteiger partial charge in [0, 0.05) is 24.1 Å². The summed E-state index contributed by atoms with van der Waals surface area (Å²) in [6.07, 6.45) is 0.765. The van der Waals surface area contributed by atoms with Crippen LogP contribution in [0.5, 0.6) is 5.75 Å². The van der Waals surface area contributed by atoms with Crippen LogP contribution in [-0.2, 0) is 0 Å². The summed E-state index contributed by atoms with van der Waals surface area (Å²) in [5.41, 5.74) is 4.54. The van der Waals surface area contributed by atoms with Crippen LogP contribution in [0, 0.1) is 6.92 Å². The van der Waals surface area contributed by atoms with Crippen LogP contribution in [0.25, 0.3) is 10.8 Å². The molecule has 0 spiro atoms. The first-order valence-corrected chi connectivity index (χ1v) is 11.8. The van der Waals surface area contributed by atoms with Gasteiger partial charge in [-0.3, -0.25) is 0 Å². The number of hydrogen-bond donors (Lipinski definition) is 2. The number of carbonyl (C=O) groups is 1. The highest BCUT2D eigenvalue weighted by molar-refractivity contribution is 5.89. The zero-order valence-corrected chi connectivity index (χ0v) is 19.5. The topological polar surface area (TPSA) is 58.6 Å². The average molecular weight is 452 g/mol. The SMILES string of the molecule is Cc1ccc([C@@H]2C[C@H](CNC(C)c3cccc4ccccc34)Oc3ccccc32)cc1C(=O)O. The molecule has 4 heteroatoms. The normalized spacial score (nSPS) is 18.2. The molecule has 0 amide bonds. The number of aromatic carboxylic acids is 1. The first-order valence-electron chi connectivity index (χ1n) is 11.8. The Labute approximate surface area is 200 Å². The molecule has 1 aliphatic rings. The maximum absolute atomic E-state index is 11.7. The predicted octanol–water partition coefficient (Wildman–Crippen LogP) is 6.48. The van der Waals surface area contributed by atoms with Gasteiger partial charge in [-0.05, 0) is 59.9 Å². The van der Waals surface area contributed by atoms with E-state index in [1.54, 1.807) is 0 Å². The lowest BCUT2D eigenvalue weighted by atomic mass is 9.83. The van der Waals surface area contributed by atoms with E-state index in [1.165, 1.54) is 16.3 Å². The Balaban J connectivity index is 1.39. The second-order valence-corrected chi connectivity index (χ2v) is 9.14. The Kier molecular flexibility index (Phi) is 6.08. The molecule has 34 heavy (non-hydrogen) atoms. The highest BCUT2D eigenvalue weighted by Crippen LogP contribution is 2.40. The summed E-state index contributed by atoms with van der Waals surface area (Å²) in [6, 6.07) is 29.0. The van der Waals surface area contributed by atoms with Gasteiger partial charge in [-0.1, -0.05) is 72.8 Å². The number of carboxylic acid groups (broad SMARTS) is 1. The molecule has 0 bridgehead atoms. The maximum Gasteiger partial charge on any atom is 0.335 e. The zero-order chi connectivity index (χ0) is 23.7. The van der Waals surface area contributed by atoms with Gasteiger partial charge in [-0.2, -0.15) is 0 Å². The van der Waals surface area contributed by atoms with E-state index in [1.807, 2.05) is 37.3 Å². The molecule has 4 aromatic carbocycles. The number of rotatable bonds is 6. The van der Waals surface area contributed by atoms with Crippen LogP contribution < -0.4 is 10.1 Å². The Morgan fingerprint density at radius 1 is 1.03 bits per heavy atom. The monoisotopic (exact) mass is 451 g/mol. The number of nitrogens with one attached hydrogen (secondary N) is 1. The number of aryl methyl sites for hydroxylation is 1. The summed E-state index contributed by atoms with van der Waals surface area (Å²) in [4.78, 5) is 11.7. The van der Waals surface area contributed by atoms with Crippen molar-refractivity contribution < 1.29 is 14.6 Å². The van der Waals surface area contributed by atoms with E-state index in [-0.39, 0.29) is 18.1 Å². The van der Waals surface area contributed by atoms with E-state index >= 15 is 0 Å². The molecule has 4 nitrogen and oxygen atoms in total. The Morgan fingerprint density at radius 2 is 1.79 bits per heavy atom. The quantitative estimate of drug-likeness (QED) is 0.352. The van der Waals surface area contributed by atoms with E-state index in [2.05, 4.69) is 66.8 Å². The molecule has 1 unspecified atom stereocenters. The van der Waals surface area contributed by atoms with Crippen molar-refractivity contribution in [3.63, 3.8) is 0 Å². The summed E-state index contributed by atoms with van der Waals surface area (Å²) >= 11 is 0. The van der Waals surface area contributed by atoms with Crippen LogP contribution in [0.1, 0.15) is 57.9 Å². The van der Waals surface area contributed by atoms with Gasteiger partial charge < -0.3 is 15.2 Å². The van der Waals surface area contributed by atoms with Crippen LogP contribution in [0.15, 0.2) is 84.9 Å². The minimum atomic E-state index is -0.887. The third kappa shape index (κ3) is 4.29. The van der Waals surface area contributed by atoms with Gasteiger partial charge in [-0.25, -0.2) is 4.79 Å². The number of fused-ring (bicyclic) bond motifs is 2. The number of benzene rings is 4. The van der Waals surface area contributed by atoms with E-state index < -0.39 is 5.97 Å². The molecule has 0 saturated heterocycles. The van der Waals surface area contributed by atoms with Crippen molar-refractivity contribution >= 4 is 16.7 Å². The molecular formula is C30H29NO3. The fourth-order valence-corrected chi connectivity index (χ4v) is 5.07. The molecule has 4 aromatic rings. The van der Waals surface area contributed by atoms with Crippen molar-refractivity contribution in [1.29, 1.82) is 0 Å². The molecule has 1 heterocycles. The van der Waals surface area contributed by atoms with Crippen molar-refractivity contribution in [3.8, 4) is 5.75 Å². The fourth-order valence-electron chi connectivity index (χ4n) is 5.07. The summed E-state index contributed by atoms with van der Waals surface area (Å²) in [7, 11) is 0. The van der Waals surface area contributed by atoms with Gasteiger partial charge in [-0.15, -0.1) is 0 Å². The van der Waals surface area contributed by atoms with Gasteiger partial charge in [0.15, 0.2) is 0 Å². The highest BCUT2D eigenvalue weighted by atomic mass is 16.5. The third-order valence-electron chi connectivity index (χ3n) is 6.92. The lowest BCUT2D eigenvalue weighted by Gasteiger charge is -2.33. The van der Waals surface area contributed by atoms with Crippen LogP contribution in [0.4, 0.5) is 0 Å². The Morgan fingerprint density at radius 3 is 2.65 bits per heavy atom. The van der Waals surface area contributed by atoms with E-state index in [0.29, 0.717) is 12.1 Å². The second kappa shape index (κ2) is 9.32. The van der Waals surface area contributed by atoms with E-state index in [4.69, 9.17) is 4.74 Å². The molecule has 2 N–H and O–H groups in total. The van der Waals surface area contributed by atoms with Gasteiger partial charge in [0.2, 0.25) is 0 Å². The number of carboxylic acids is 1. The molecule has 0 aliphatic carbocycles. The fraction of sp³-hybridized carbons (Fsp3) is 0.233. The first kappa shape index (κ1) is 22.2. The van der Waals surface area contributed by atoms with Crippen LogP contribution in [0.3, 0.4) is 0 Å². The van der Waals surface area contributed by atoms with Crippen molar-refractivity contribution in [1.82, 2.24) is 5.32 Å². The van der Waals surface area contributed by atoms with E-state index in [0.717, 1.165) is 28.9 Å². The highest BCUT2D eigenvalue weighted by Gasteiger charge is 2.30. The molecule has 0 fully saturated rings. The summed E-state index contributed by atoms with van der Waals surface area (Å²) in [5.74, 6) is 0.0750. The molecule has 0 saturated carbocycles. The molecule has 0 aromatic heterocycles. The van der Waals surface area contributed by atoms with Crippen molar-refractivity contribution in [2.45, 2.75) is 38.3 Å². The smallest absolute Gasteiger partial charge is 0.335 e. The average Bonchev–Trinajstić information content (AvgIpc) is 2.86. The van der Waals surface area contributed by atoms with Gasteiger partial charge in [0.1, 0.15) is 11.9 Å². The Hall–Kier alpha value is -3.63. The van der Waals surface area contributed by atoms with Crippen LogP contribution in [0.2, 0.25) is 0 Å². The number of para-hydroxylation sites is 1. The summed E-state index contributed by atoms with van der Waals surface area (Å²) < 4.78 is 6.38. The van der Waals surface area contributed by atoms with Gasteiger partial charge >= 0.3 is 5.97 Å². The maximum atomic E-state index is 11.7. The summed E-state index contributed by atoms with van der Waals surface area (Å²) in [6.45, 7) is 4.73. The molecule has 172 valence electrons. The number of ether oxygens (including phenoxy) is 1. The Bertz CT molecular complexity index is 1340. The van der Waals surface area contributed by atoms with Crippen molar-refractivity contribution in [2.75, 3.05) is 6.54 Å². The van der Waals surface area contributed by atoms with Crippen molar-refractivity contribution in [2.24, 2.45) is 0 Å². The lowest BCUT2D eigenvalue weighted by Crippen LogP contribution is -2.37. The zero-order valence-electron chi connectivity index (χ0n) is 19.5. The van der Waals surface area contributed by atoms with Crippen LogP contribution >= 0.6 is 0 Å². The molecule has 5 rings (SSSR count).